The number of carbonyl (C=O) groups is 1. The molecule has 2 aromatic carbocycles. The summed E-state index contributed by atoms with van der Waals surface area (Å²) in [5.41, 5.74) is 1.86. The number of amides is 1. The molecule has 3 aromatic rings. The monoisotopic (exact) mass is 359 g/mol. The van der Waals surface area contributed by atoms with E-state index in [0.717, 1.165) is 5.56 Å². The molecule has 1 N–H and O–H groups in total. The first-order chi connectivity index (χ1) is 13.2. The van der Waals surface area contributed by atoms with Crippen LogP contribution in [0.1, 0.15) is 21.5 Å². The van der Waals surface area contributed by atoms with Gasteiger partial charge in [0.25, 0.3) is 5.91 Å². The third-order valence-electron chi connectivity index (χ3n) is 3.79. The number of rotatable bonds is 6. The highest BCUT2D eigenvalue weighted by atomic mass is 16.5. The van der Waals surface area contributed by atoms with E-state index in [-0.39, 0.29) is 5.91 Å². The molecule has 0 aliphatic heterocycles. The maximum absolute atomic E-state index is 12.1. The van der Waals surface area contributed by atoms with Crippen LogP contribution in [-0.2, 0) is 6.54 Å². The number of aromatic nitrogens is 1. The molecule has 6 nitrogen and oxygen atoms in total. The Kier molecular flexibility index (Phi) is 5.65. The molecule has 0 aliphatic rings. The molecule has 0 spiro atoms. The van der Waals surface area contributed by atoms with Gasteiger partial charge in [-0.3, -0.25) is 4.79 Å². The van der Waals surface area contributed by atoms with E-state index in [1.807, 2.05) is 30.3 Å². The quantitative estimate of drug-likeness (QED) is 0.726. The van der Waals surface area contributed by atoms with Crippen molar-refractivity contribution in [2.75, 3.05) is 7.11 Å². The van der Waals surface area contributed by atoms with Crippen LogP contribution in [0.15, 0.2) is 66.9 Å². The molecule has 27 heavy (non-hydrogen) atoms. The topological polar surface area (TPSA) is 84.2 Å². The number of nitriles is 1. The zero-order valence-corrected chi connectivity index (χ0v) is 14.7. The second-order valence-corrected chi connectivity index (χ2v) is 5.66. The Morgan fingerprint density at radius 3 is 2.56 bits per heavy atom. The van der Waals surface area contributed by atoms with E-state index in [9.17, 15) is 4.79 Å². The van der Waals surface area contributed by atoms with Gasteiger partial charge in [0.2, 0.25) is 5.88 Å². The standard InChI is InChI=1S/C21H17N3O3/c1-26-18-3-2-4-19(11-18)27-20-10-7-16(13-23-20)14-24-21(25)17-8-5-15(12-22)6-9-17/h2-11,13H,14H2,1H3,(H,24,25). The maximum Gasteiger partial charge on any atom is 0.251 e. The average Bonchev–Trinajstić information content (AvgIpc) is 2.73. The first-order valence-corrected chi connectivity index (χ1v) is 8.23. The van der Waals surface area contributed by atoms with E-state index in [2.05, 4.69) is 10.3 Å². The van der Waals surface area contributed by atoms with Gasteiger partial charge in [0.15, 0.2) is 0 Å². The van der Waals surface area contributed by atoms with Gasteiger partial charge in [-0.2, -0.15) is 5.26 Å². The number of nitrogens with zero attached hydrogens (tertiary/aromatic N) is 2. The number of hydrogen-bond donors (Lipinski definition) is 1. The third-order valence-corrected chi connectivity index (χ3v) is 3.79. The zero-order valence-electron chi connectivity index (χ0n) is 14.7. The summed E-state index contributed by atoms with van der Waals surface area (Å²) in [5.74, 6) is 1.57. The molecular weight excluding hydrogens is 342 g/mol. The van der Waals surface area contributed by atoms with Crippen LogP contribution in [-0.4, -0.2) is 18.0 Å². The van der Waals surface area contributed by atoms with Gasteiger partial charge in [-0.1, -0.05) is 12.1 Å². The van der Waals surface area contributed by atoms with Crippen molar-refractivity contribution in [1.82, 2.24) is 10.3 Å². The van der Waals surface area contributed by atoms with E-state index in [1.165, 1.54) is 0 Å². The molecule has 0 atom stereocenters. The number of ether oxygens (including phenoxy) is 2. The Morgan fingerprint density at radius 1 is 1.11 bits per heavy atom. The summed E-state index contributed by atoms with van der Waals surface area (Å²) >= 11 is 0. The molecule has 6 heteroatoms. The number of pyridine rings is 1. The van der Waals surface area contributed by atoms with E-state index < -0.39 is 0 Å². The van der Waals surface area contributed by atoms with Gasteiger partial charge >= 0.3 is 0 Å². The van der Waals surface area contributed by atoms with Crippen molar-refractivity contribution in [3.63, 3.8) is 0 Å². The summed E-state index contributed by atoms with van der Waals surface area (Å²) in [6, 6.07) is 19.3. The lowest BCUT2D eigenvalue weighted by Crippen LogP contribution is -2.22. The Labute approximate surface area is 157 Å². The molecule has 3 rings (SSSR count). The zero-order chi connectivity index (χ0) is 19.1. The molecule has 0 fully saturated rings. The molecule has 0 saturated heterocycles. The summed E-state index contributed by atoms with van der Waals surface area (Å²) < 4.78 is 10.8. The molecule has 0 radical (unpaired) electrons. The van der Waals surface area contributed by atoms with Crippen molar-refractivity contribution in [3.8, 4) is 23.4 Å². The number of hydrogen-bond acceptors (Lipinski definition) is 5. The lowest BCUT2D eigenvalue weighted by molar-refractivity contribution is 0.0951. The molecule has 0 unspecified atom stereocenters. The second-order valence-electron chi connectivity index (χ2n) is 5.66. The molecule has 1 heterocycles. The van der Waals surface area contributed by atoms with E-state index in [1.54, 1.807) is 49.7 Å². The van der Waals surface area contributed by atoms with Gasteiger partial charge < -0.3 is 14.8 Å². The van der Waals surface area contributed by atoms with Crippen molar-refractivity contribution < 1.29 is 14.3 Å². The minimum Gasteiger partial charge on any atom is -0.497 e. The van der Waals surface area contributed by atoms with E-state index in [0.29, 0.717) is 35.1 Å². The molecule has 134 valence electrons. The minimum absolute atomic E-state index is 0.212. The Morgan fingerprint density at radius 2 is 1.89 bits per heavy atom. The fourth-order valence-electron chi connectivity index (χ4n) is 2.34. The van der Waals surface area contributed by atoms with Crippen molar-refractivity contribution >= 4 is 5.91 Å². The summed E-state index contributed by atoms with van der Waals surface area (Å²) in [6.07, 6.45) is 1.65. The highest BCUT2D eigenvalue weighted by Gasteiger charge is 2.06. The summed E-state index contributed by atoms with van der Waals surface area (Å²) in [6.45, 7) is 0.339. The SMILES string of the molecule is COc1cccc(Oc2ccc(CNC(=O)c3ccc(C#N)cc3)cn2)c1. The van der Waals surface area contributed by atoms with Crippen LogP contribution in [0.4, 0.5) is 0 Å². The first-order valence-electron chi connectivity index (χ1n) is 8.23. The molecule has 0 aliphatic carbocycles. The van der Waals surface area contributed by atoms with Crippen molar-refractivity contribution in [3.05, 3.63) is 83.6 Å². The highest BCUT2D eigenvalue weighted by Crippen LogP contribution is 2.23. The van der Waals surface area contributed by atoms with Gasteiger partial charge in [0, 0.05) is 30.4 Å². The number of methoxy groups -OCH3 is 1. The minimum atomic E-state index is -0.212. The van der Waals surface area contributed by atoms with Gasteiger partial charge in [0.1, 0.15) is 11.5 Å². The molecule has 0 saturated carbocycles. The predicted octanol–water partition coefficient (Wildman–Crippen LogP) is 3.68. The lowest BCUT2D eigenvalue weighted by atomic mass is 10.1. The van der Waals surface area contributed by atoms with Crippen LogP contribution in [0.5, 0.6) is 17.4 Å². The number of benzene rings is 2. The van der Waals surface area contributed by atoms with Crippen LogP contribution in [0.2, 0.25) is 0 Å². The fraction of sp³-hybridized carbons (Fsp3) is 0.0952. The molecule has 1 aromatic heterocycles. The van der Waals surface area contributed by atoms with Gasteiger partial charge in [-0.25, -0.2) is 4.98 Å². The smallest absolute Gasteiger partial charge is 0.251 e. The summed E-state index contributed by atoms with van der Waals surface area (Å²) in [7, 11) is 1.60. The summed E-state index contributed by atoms with van der Waals surface area (Å²) in [5, 5.41) is 11.6. The normalized spacial score (nSPS) is 9.93. The van der Waals surface area contributed by atoms with Gasteiger partial charge in [-0.15, -0.1) is 0 Å². The predicted molar refractivity (Wildman–Crippen MR) is 99.6 cm³/mol. The average molecular weight is 359 g/mol. The van der Waals surface area contributed by atoms with Gasteiger partial charge in [-0.05, 0) is 42.0 Å². The van der Waals surface area contributed by atoms with Crippen LogP contribution in [0.25, 0.3) is 0 Å². The largest absolute Gasteiger partial charge is 0.497 e. The summed E-state index contributed by atoms with van der Waals surface area (Å²) in [4.78, 5) is 16.4. The van der Waals surface area contributed by atoms with Crippen molar-refractivity contribution in [2.24, 2.45) is 0 Å². The van der Waals surface area contributed by atoms with E-state index in [4.69, 9.17) is 14.7 Å². The lowest BCUT2D eigenvalue weighted by Gasteiger charge is -2.08. The molecule has 0 bridgehead atoms. The maximum atomic E-state index is 12.1. The third kappa shape index (κ3) is 4.83. The number of carbonyl (C=O) groups excluding carboxylic acids is 1. The highest BCUT2D eigenvalue weighted by molar-refractivity contribution is 5.94. The Hall–Kier alpha value is -3.85. The second kappa shape index (κ2) is 8.50. The van der Waals surface area contributed by atoms with E-state index >= 15 is 0 Å². The van der Waals surface area contributed by atoms with Crippen LogP contribution in [0, 0.1) is 11.3 Å². The number of nitrogens with one attached hydrogen (secondary N) is 1. The fourth-order valence-corrected chi connectivity index (χ4v) is 2.34. The molecular formula is C21H17N3O3. The van der Waals surface area contributed by atoms with Crippen LogP contribution in [0.3, 0.4) is 0 Å². The van der Waals surface area contributed by atoms with Crippen LogP contribution >= 0.6 is 0 Å². The molecule has 1 amide bonds. The first kappa shape index (κ1) is 18.0. The Balaban J connectivity index is 1.57. The van der Waals surface area contributed by atoms with Crippen LogP contribution < -0.4 is 14.8 Å². The van der Waals surface area contributed by atoms with Crippen molar-refractivity contribution in [2.45, 2.75) is 6.54 Å². The Bertz CT molecular complexity index is 961. The van der Waals surface area contributed by atoms with Gasteiger partial charge in [0.05, 0.1) is 18.7 Å². The van der Waals surface area contributed by atoms with Crippen molar-refractivity contribution in [1.29, 1.82) is 5.26 Å².